The van der Waals surface area contributed by atoms with Gasteiger partial charge in [0, 0.05) is 19.1 Å². The van der Waals surface area contributed by atoms with Crippen molar-refractivity contribution in [3.8, 4) is 0 Å². The molecule has 5 heteroatoms. The second kappa shape index (κ2) is 3.32. The first-order valence-electron chi connectivity index (χ1n) is 5.55. The van der Waals surface area contributed by atoms with E-state index in [4.69, 9.17) is 0 Å². The first-order chi connectivity index (χ1) is 7.40. The molecule has 2 fully saturated rings. The Morgan fingerprint density at radius 2 is 1.93 bits per heavy atom. The minimum absolute atomic E-state index is 0.468. The molecular formula is C10H14N4O. The van der Waals surface area contributed by atoms with Crippen molar-refractivity contribution in [3.05, 3.63) is 5.82 Å². The molecule has 0 spiro atoms. The molecule has 3 rings (SSSR count). The highest BCUT2D eigenvalue weighted by atomic mass is 16.1. The van der Waals surface area contributed by atoms with Crippen molar-refractivity contribution in [3.63, 3.8) is 0 Å². The number of hydrogen-bond acceptors (Lipinski definition) is 4. The lowest BCUT2D eigenvalue weighted by atomic mass is 10.4. The normalized spacial score (nSPS) is 20.9. The van der Waals surface area contributed by atoms with E-state index >= 15 is 0 Å². The van der Waals surface area contributed by atoms with Crippen molar-refractivity contribution in [2.45, 2.75) is 31.7 Å². The lowest BCUT2D eigenvalue weighted by Crippen LogP contribution is -2.22. The summed E-state index contributed by atoms with van der Waals surface area (Å²) < 4.78 is 2.01. The van der Waals surface area contributed by atoms with E-state index < -0.39 is 0 Å². The first kappa shape index (κ1) is 8.88. The minimum atomic E-state index is 0.468. The topological polar surface area (TPSA) is 51.0 Å². The average Bonchev–Trinajstić information content (AvgIpc) is 2.83. The van der Waals surface area contributed by atoms with Crippen LogP contribution in [0.5, 0.6) is 0 Å². The van der Waals surface area contributed by atoms with E-state index in [-0.39, 0.29) is 0 Å². The number of anilines is 1. The summed E-state index contributed by atoms with van der Waals surface area (Å²) >= 11 is 0. The van der Waals surface area contributed by atoms with E-state index in [1.165, 1.54) is 12.8 Å². The third kappa shape index (κ3) is 1.42. The number of rotatable bonds is 3. The predicted molar refractivity (Wildman–Crippen MR) is 55.1 cm³/mol. The standard InChI is InChI=1S/C10H14N4O/c15-7-9-11-12-10(13-5-1-2-6-13)14(9)8-3-4-8/h7-8H,1-6H2. The van der Waals surface area contributed by atoms with Crippen LogP contribution in [0.1, 0.15) is 42.3 Å². The molecule has 0 atom stereocenters. The second-order valence-corrected chi connectivity index (χ2v) is 4.27. The van der Waals surface area contributed by atoms with Crippen LogP contribution >= 0.6 is 0 Å². The van der Waals surface area contributed by atoms with Crippen LogP contribution in [-0.4, -0.2) is 34.1 Å². The molecule has 0 radical (unpaired) electrons. The lowest BCUT2D eigenvalue weighted by Gasteiger charge is -2.17. The number of aromatic nitrogens is 3. The molecule has 0 unspecified atom stereocenters. The number of aldehydes is 1. The molecule has 1 aromatic rings. The molecule has 80 valence electrons. The molecule has 15 heavy (non-hydrogen) atoms. The summed E-state index contributed by atoms with van der Waals surface area (Å²) in [6.07, 6.45) is 5.55. The van der Waals surface area contributed by atoms with Crippen LogP contribution in [-0.2, 0) is 0 Å². The Morgan fingerprint density at radius 1 is 1.20 bits per heavy atom. The SMILES string of the molecule is O=Cc1nnc(N2CCCC2)n1C1CC1. The second-order valence-electron chi connectivity index (χ2n) is 4.27. The van der Waals surface area contributed by atoms with Crippen LogP contribution in [0.3, 0.4) is 0 Å². The summed E-state index contributed by atoms with van der Waals surface area (Å²) in [6.45, 7) is 2.09. The van der Waals surface area contributed by atoms with Crippen LogP contribution in [0.25, 0.3) is 0 Å². The van der Waals surface area contributed by atoms with Gasteiger partial charge in [-0.2, -0.15) is 0 Å². The number of nitrogens with zero attached hydrogens (tertiary/aromatic N) is 4. The molecule has 0 aromatic carbocycles. The van der Waals surface area contributed by atoms with E-state index in [2.05, 4.69) is 15.1 Å². The number of hydrogen-bond donors (Lipinski definition) is 0. The molecular weight excluding hydrogens is 192 g/mol. The van der Waals surface area contributed by atoms with Gasteiger partial charge in [0.2, 0.25) is 5.95 Å². The van der Waals surface area contributed by atoms with Crippen LogP contribution in [0, 0.1) is 0 Å². The maximum absolute atomic E-state index is 10.8. The summed E-state index contributed by atoms with van der Waals surface area (Å²) in [5, 5.41) is 8.08. The number of carbonyl (C=O) groups excluding carboxylic acids is 1. The Labute approximate surface area is 88.1 Å². The van der Waals surface area contributed by atoms with E-state index in [1.807, 2.05) is 4.57 Å². The summed E-state index contributed by atoms with van der Waals surface area (Å²) in [5.74, 6) is 1.39. The highest BCUT2D eigenvalue weighted by molar-refractivity contribution is 5.70. The van der Waals surface area contributed by atoms with Crippen molar-refractivity contribution >= 4 is 12.2 Å². The van der Waals surface area contributed by atoms with Gasteiger partial charge in [-0.25, -0.2) is 0 Å². The zero-order valence-electron chi connectivity index (χ0n) is 8.59. The largest absolute Gasteiger partial charge is 0.341 e. The number of carbonyl (C=O) groups is 1. The van der Waals surface area contributed by atoms with Gasteiger partial charge in [-0.15, -0.1) is 10.2 Å². The van der Waals surface area contributed by atoms with Gasteiger partial charge in [-0.1, -0.05) is 0 Å². The Bertz CT molecular complexity index is 377. The minimum Gasteiger partial charge on any atom is -0.341 e. The molecule has 1 aromatic heterocycles. The fourth-order valence-electron chi connectivity index (χ4n) is 2.19. The Kier molecular flexibility index (Phi) is 1.97. The highest BCUT2D eigenvalue weighted by Crippen LogP contribution is 2.38. The van der Waals surface area contributed by atoms with E-state index in [1.54, 1.807) is 0 Å². The molecule has 1 saturated carbocycles. The maximum atomic E-state index is 10.8. The van der Waals surface area contributed by atoms with Crippen molar-refractivity contribution < 1.29 is 4.79 Å². The smallest absolute Gasteiger partial charge is 0.227 e. The molecule has 1 saturated heterocycles. The van der Waals surface area contributed by atoms with Gasteiger partial charge >= 0.3 is 0 Å². The summed E-state index contributed by atoms with van der Waals surface area (Å²) in [7, 11) is 0. The van der Waals surface area contributed by atoms with Gasteiger partial charge in [0.15, 0.2) is 12.1 Å². The van der Waals surface area contributed by atoms with Crippen LogP contribution < -0.4 is 4.90 Å². The highest BCUT2D eigenvalue weighted by Gasteiger charge is 2.31. The van der Waals surface area contributed by atoms with Gasteiger partial charge < -0.3 is 4.90 Å². The molecule has 5 nitrogen and oxygen atoms in total. The van der Waals surface area contributed by atoms with Crippen LogP contribution in [0.15, 0.2) is 0 Å². The fourth-order valence-corrected chi connectivity index (χ4v) is 2.19. The van der Waals surface area contributed by atoms with Gasteiger partial charge in [0.1, 0.15) is 0 Å². The monoisotopic (exact) mass is 206 g/mol. The van der Waals surface area contributed by atoms with Crippen molar-refractivity contribution in [1.29, 1.82) is 0 Å². The summed E-state index contributed by atoms with van der Waals surface area (Å²) in [5.41, 5.74) is 0. The van der Waals surface area contributed by atoms with E-state index in [0.29, 0.717) is 11.9 Å². The zero-order chi connectivity index (χ0) is 10.3. The Balaban J connectivity index is 1.98. The first-order valence-corrected chi connectivity index (χ1v) is 5.55. The average molecular weight is 206 g/mol. The van der Waals surface area contributed by atoms with Gasteiger partial charge in [-0.05, 0) is 25.7 Å². The molecule has 0 bridgehead atoms. The van der Waals surface area contributed by atoms with Gasteiger partial charge in [0.25, 0.3) is 0 Å². The third-order valence-electron chi connectivity index (χ3n) is 3.11. The Hall–Kier alpha value is -1.39. The fraction of sp³-hybridized carbons (Fsp3) is 0.700. The molecule has 1 aliphatic heterocycles. The van der Waals surface area contributed by atoms with Crippen molar-refractivity contribution in [2.75, 3.05) is 18.0 Å². The van der Waals surface area contributed by atoms with E-state index in [0.717, 1.165) is 38.2 Å². The quantitative estimate of drug-likeness (QED) is 0.693. The van der Waals surface area contributed by atoms with Crippen molar-refractivity contribution in [2.24, 2.45) is 0 Å². The molecule has 0 N–H and O–H groups in total. The Morgan fingerprint density at radius 3 is 2.53 bits per heavy atom. The zero-order valence-corrected chi connectivity index (χ0v) is 8.59. The lowest BCUT2D eigenvalue weighted by molar-refractivity contribution is 0.111. The van der Waals surface area contributed by atoms with E-state index in [9.17, 15) is 4.79 Å². The summed E-state index contributed by atoms with van der Waals surface area (Å²) in [6, 6.07) is 0.468. The predicted octanol–water partition coefficient (Wildman–Crippen LogP) is 1.03. The molecule has 1 aliphatic carbocycles. The van der Waals surface area contributed by atoms with Crippen LogP contribution in [0.4, 0.5) is 5.95 Å². The van der Waals surface area contributed by atoms with Crippen molar-refractivity contribution in [1.82, 2.24) is 14.8 Å². The maximum Gasteiger partial charge on any atom is 0.227 e. The summed E-state index contributed by atoms with van der Waals surface area (Å²) in [4.78, 5) is 13.1. The molecule has 2 heterocycles. The van der Waals surface area contributed by atoms with Gasteiger partial charge in [0.05, 0.1) is 0 Å². The third-order valence-corrected chi connectivity index (χ3v) is 3.11. The van der Waals surface area contributed by atoms with Gasteiger partial charge in [-0.3, -0.25) is 9.36 Å². The molecule has 0 amide bonds. The molecule has 2 aliphatic rings. The van der Waals surface area contributed by atoms with Crippen LogP contribution in [0.2, 0.25) is 0 Å².